The van der Waals surface area contributed by atoms with Gasteiger partial charge in [0, 0.05) is 5.56 Å². The van der Waals surface area contributed by atoms with Crippen molar-refractivity contribution in [3.05, 3.63) is 64.9 Å². The number of rotatable bonds is 8. The lowest BCUT2D eigenvalue weighted by Crippen LogP contribution is -2.09. The molecule has 0 saturated carbocycles. The van der Waals surface area contributed by atoms with Crippen LogP contribution in [0.4, 0.5) is 0 Å². The van der Waals surface area contributed by atoms with E-state index in [4.69, 9.17) is 14.6 Å². The number of carbonyl (C=O) groups is 3. The number of hydrogen-bond acceptors (Lipinski definition) is 6. The van der Waals surface area contributed by atoms with E-state index < -0.39 is 17.7 Å². The monoisotopic (exact) mass is 384 g/mol. The summed E-state index contributed by atoms with van der Waals surface area (Å²) in [5, 5.41) is 19.1. The molecule has 0 aliphatic heterocycles. The molecular weight excluding hydrogens is 364 g/mol. The summed E-state index contributed by atoms with van der Waals surface area (Å²) >= 11 is 0. The summed E-state index contributed by atoms with van der Waals surface area (Å²) in [6, 6.07) is 7.45. The zero-order valence-corrected chi connectivity index (χ0v) is 15.6. The van der Waals surface area contributed by atoms with E-state index in [1.54, 1.807) is 13.0 Å². The Balaban J connectivity index is 2.46. The predicted molar refractivity (Wildman–Crippen MR) is 101 cm³/mol. The van der Waals surface area contributed by atoms with Crippen LogP contribution in [-0.4, -0.2) is 35.4 Å². The predicted octanol–water partition coefficient (Wildman–Crippen LogP) is 3.37. The van der Waals surface area contributed by atoms with Crippen molar-refractivity contribution in [3.63, 3.8) is 0 Å². The summed E-state index contributed by atoms with van der Waals surface area (Å²) in [6.45, 7) is 3.21. The summed E-state index contributed by atoms with van der Waals surface area (Å²) in [6.07, 6.45) is 2.92. The number of aldehydes is 1. The second kappa shape index (κ2) is 8.85. The van der Waals surface area contributed by atoms with Crippen molar-refractivity contribution < 1.29 is 34.1 Å². The second-order valence-corrected chi connectivity index (χ2v) is 6.10. The van der Waals surface area contributed by atoms with Gasteiger partial charge in [-0.2, -0.15) is 0 Å². The van der Waals surface area contributed by atoms with Crippen LogP contribution in [0.25, 0.3) is 0 Å². The summed E-state index contributed by atoms with van der Waals surface area (Å²) in [4.78, 5) is 35.5. The van der Waals surface area contributed by atoms with E-state index in [-0.39, 0.29) is 33.9 Å². The van der Waals surface area contributed by atoms with E-state index in [9.17, 15) is 19.5 Å². The number of phenolic OH excluding ortho intramolecular Hbond substituents is 1. The standard InChI is InChI=1S/C21H20O7/c1-12-9-16(23)19(18(10-12)27-3)20(24)14-5-4-6-17(15(14)11-22)28-8-7-13(2)21(25)26/h4-11,13,23H,1-3H3,(H,25,26)/t13-/m1/s1. The van der Waals surface area contributed by atoms with Crippen LogP contribution in [0.5, 0.6) is 17.2 Å². The van der Waals surface area contributed by atoms with Gasteiger partial charge >= 0.3 is 5.97 Å². The lowest BCUT2D eigenvalue weighted by atomic mass is 9.96. The number of carbonyl (C=O) groups excluding carboxylic acids is 2. The molecule has 0 spiro atoms. The van der Waals surface area contributed by atoms with Crippen LogP contribution in [0.1, 0.15) is 38.8 Å². The van der Waals surface area contributed by atoms with Gasteiger partial charge < -0.3 is 19.7 Å². The van der Waals surface area contributed by atoms with E-state index in [2.05, 4.69) is 0 Å². The van der Waals surface area contributed by atoms with Crippen molar-refractivity contribution in [1.82, 2.24) is 0 Å². The number of hydrogen-bond donors (Lipinski definition) is 2. The zero-order valence-electron chi connectivity index (χ0n) is 15.6. The van der Waals surface area contributed by atoms with Crippen molar-refractivity contribution in [3.8, 4) is 17.2 Å². The van der Waals surface area contributed by atoms with Gasteiger partial charge in [-0.15, -0.1) is 0 Å². The first-order chi connectivity index (χ1) is 13.3. The van der Waals surface area contributed by atoms with Crippen LogP contribution in [0.15, 0.2) is 42.7 Å². The number of methoxy groups -OCH3 is 1. The average Bonchev–Trinajstić information content (AvgIpc) is 2.66. The van der Waals surface area contributed by atoms with E-state index in [1.165, 1.54) is 44.4 Å². The maximum atomic E-state index is 13.0. The molecule has 0 fully saturated rings. The molecule has 1 atom stereocenters. The lowest BCUT2D eigenvalue weighted by Gasteiger charge is -2.13. The highest BCUT2D eigenvalue weighted by Gasteiger charge is 2.23. The zero-order chi connectivity index (χ0) is 20.8. The SMILES string of the molecule is COc1cc(C)cc(O)c1C(=O)c1cccc(OC=C[C@@H](C)C(=O)O)c1C=O. The summed E-state index contributed by atoms with van der Waals surface area (Å²) in [5.41, 5.74) is 0.631. The molecule has 2 aromatic carbocycles. The van der Waals surface area contributed by atoms with Crippen molar-refractivity contribution >= 4 is 18.0 Å². The number of carboxylic acid groups (broad SMARTS) is 1. The summed E-state index contributed by atoms with van der Waals surface area (Å²) in [5.74, 6) is -2.41. The number of ether oxygens (including phenoxy) is 2. The molecule has 0 bridgehead atoms. The Kier molecular flexibility index (Phi) is 6.55. The highest BCUT2D eigenvalue weighted by molar-refractivity contribution is 6.16. The summed E-state index contributed by atoms with van der Waals surface area (Å²) in [7, 11) is 1.37. The van der Waals surface area contributed by atoms with Gasteiger partial charge in [0.25, 0.3) is 0 Å². The average molecular weight is 384 g/mol. The first-order valence-electron chi connectivity index (χ1n) is 8.36. The van der Waals surface area contributed by atoms with Crippen LogP contribution in [-0.2, 0) is 4.79 Å². The molecule has 0 radical (unpaired) electrons. The molecule has 2 rings (SSSR count). The van der Waals surface area contributed by atoms with Gasteiger partial charge in [-0.05, 0) is 43.7 Å². The van der Waals surface area contributed by atoms with Crippen molar-refractivity contribution in [2.45, 2.75) is 13.8 Å². The molecule has 2 aromatic rings. The Morgan fingerprint density at radius 1 is 1.18 bits per heavy atom. The van der Waals surface area contributed by atoms with E-state index in [1.807, 2.05) is 0 Å². The highest BCUT2D eigenvalue weighted by atomic mass is 16.5. The smallest absolute Gasteiger partial charge is 0.310 e. The molecule has 0 aliphatic rings. The van der Waals surface area contributed by atoms with Gasteiger partial charge in [0.15, 0.2) is 6.29 Å². The number of aliphatic carboxylic acids is 1. The minimum atomic E-state index is -1.03. The maximum absolute atomic E-state index is 13.0. The van der Waals surface area contributed by atoms with Gasteiger partial charge in [0.05, 0.1) is 24.9 Å². The van der Waals surface area contributed by atoms with E-state index >= 15 is 0 Å². The molecule has 0 amide bonds. The molecule has 0 unspecified atom stereocenters. The number of carboxylic acids is 1. The normalized spacial score (nSPS) is 11.8. The third-order valence-electron chi connectivity index (χ3n) is 4.05. The van der Waals surface area contributed by atoms with Crippen molar-refractivity contribution in [2.24, 2.45) is 5.92 Å². The van der Waals surface area contributed by atoms with Crippen LogP contribution < -0.4 is 9.47 Å². The second-order valence-electron chi connectivity index (χ2n) is 6.10. The molecule has 7 nitrogen and oxygen atoms in total. The topological polar surface area (TPSA) is 110 Å². The van der Waals surface area contributed by atoms with Crippen LogP contribution >= 0.6 is 0 Å². The van der Waals surface area contributed by atoms with Crippen LogP contribution in [0.2, 0.25) is 0 Å². The van der Waals surface area contributed by atoms with Crippen molar-refractivity contribution in [2.75, 3.05) is 7.11 Å². The first-order valence-corrected chi connectivity index (χ1v) is 8.36. The quantitative estimate of drug-likeness (QED) is 0.408. The molecule has 0 saturated heterocycles. The molecule has 7 heteroatoms. The third kappa shape index (κ3) is 4.37. The molecule has 0 aliphatic carbocycles. The van der Waals surface area contributed by atoms with Gasteiger partial charge in [-0.3, -0.25) is 14.4 Å². The number of aryl methyl sites for hydroxylation is 1. The lowest BCUT2D eigenvalue weighted by molar-refractivity contribution is -0.139. The Bertz CT molecular complexity index is 944. The third-order valence-corrected chi connectivity index (χ3v) is 4.05. The largest absolute Gasteiger partial charge is 0.507 e. The first kappa shape index (κ1) is 20.7. The minimum Gasteiger partial charge on any atom is -0.507 e. The fraction of sp³-hybridized carbons (Fsp3) is 0.190. The fourth-order valence-electron chi connectivity index (χ4n) is 2.54. The number of phenols is 1. The highest BCUT2D eigenvalue weighted by Crippen LogP contribution is 2.33. The molecule has 146 valence electrons. The van der Waals surface area contributed by atoms with Gasteiger partial charge in [0.2, 0.25) is 5.78 Å². The Morgan fingerprint density at radius 3 is 2.50 bits per heavy atom. The maximum Gasteiger partial charge on any atom is 0.310 e. The Morgan fingerprint density at radius 2 is 1.89 bits per heavy atom. The van der Waals surface area contributed by atoms with Gasteiger partial charge in [-0.25, -0.2) is 0 Å². The van der Waals surface area contributed by atoms with Gasteiger partial charge in [0.1, 0.15) is 22.8 Å². The molecule has 0 aromatic heterocycles. The number of ketones is 1. The molecule has 2 N–H and O–H groups in total. The molecule has 0 heterocycles. The summed E-state index contributed by atoms with van der Waals surface area (Å²) < 4.78 is 10.6. The van der Waals surface area contributed by atoms with Crippen LogP contribution in [0.3, 0.4) is 0 Å². The minimum absolute atomic E-state index is 0.0182. The van der Waals surface area contributed by atoms with E-state index in [0.717, 1.165) is 6.26 Å². The van der Waals surface area contributed by atoms with Crippen LogP contribution in [0, 0.1) is 12.8 Å². The van der Waals surface area contributed by atoms with Crippen molar-refractivity contribution in [1.29, 1.82) is 0 Å². The van der Waals surface area contributed by atoms with E-state index in [0.29, 0.717) is 11.8 Å². The number of benzene rings is 2. The Hall–Kier alpha value is -3.61. The Labute approximate surface area is 161 Å². The molecular formula is C21H20O7. The number of aromatic hydroxyl groups is 1. The molecule has 28 heavy (non-hydrogen) atoms. The van der Waals surface area contributed by atoms with Gasteiger partial charge in [-0.1, -0.05) is 12.1 Å². The fourth-order valence-corrected chi connectivity index (χ4v) is 2.54.